The Morgan fingerprint density at radius 3 is 2.00 bits per heavy atom. The van der Waals surface area contributed by atoms with Gasteiger partial charge in [0, 0.05) is 5.56 Å². The Kier molecular flexibility index (Phi) is 6.19. The number of halogens is 8. The minimum Gasteiger partial charge on any atom is -0.394 e. The number of nitrogens with zero attached hydrogens (tertiary/aromatic N) is 2. The topological polar surface area (TPSA) is 95.7 Å². The molecule has 1 fully saturated rings. The van der Waals surface area contributed by atoms with Gasteiger partial charge in [-0.15, -0.1) is 0 Å². The summed E-state index contributed by atoms with van der Waals surface area (Å²) in [6.45, 7) is -0.846. The van der Waals surface area contributed by atoms with E-state index < -0.39 is 72.1 Å². The third kappa shape index (κ3) is 4.02. The molecule has 1 saturated heterocycles. The first-order valence-corrected chi connectivity index (χ1v) is 8.81. The zero-order valence-corrected chi connectivity index (χ0v) is 15.6. The molecule has 0 amide bonds. The predicted octanol–water partition coefficient (Wildman–Crippen LogP) is 2.73. The molecule has 176 valence electrons. The van der Waals surface area contributed by atoms with Gasteiger partial charge in [0.2, 0.25) is 0 Å². The monoisotopic (exact) mass is 474 g/mol. The van der Waals surface area contributed by atoms with E-state index in [4.69, 9.17) is 9.84 Å². The van der Waals surface area contributed by atoms with Crippen molar-refractivity contribution in [3.8, 4) is 11.3 Å². The number of benzene rings is 1. The number of hydrogen-bond acceptors (Lipinski definition) is 6. The van der Waals surface area contributed by atoms with Crippen molar-refractivity contribution >= 4 is 0 Å². The van der Waals surface area contributed by atoms with Crippen molar-refractivity contribution in [2.24, 2.45) is 0 Å². The molecule has 1 aliphatic heterocycles. The van der Waals surface area contributed by atoms with E-state index in [0.717, 1.165) is 24.3 Å². The molecule has 3 N–H and O–H groups in total. The van der Waals surface area contributed by atoms with Crippen molar-refractivity contribution in [1.82, 2.24) is 9.97 Å². The summed E-state index contributed by atoms with van der Waals surface area (Å²) in [7, 11) is 0. The third-order valence-electron chi connectivity index (χ3n) is 4.75. The molecule has 6 nitrogen and oxygen atoms in total. The Bertz CT molecular complexity index is 970. The molecule has 32 heavy (non-hydrogen) atoms. The fraction of sp³-hybridized carbons (Fsp3) is 0.444. The third-order valence-corrected chi connectivity index (χ3v) is 4.75. The molecular weight excluding hydrogens is 460 g/mol. The summed E-state index contributed by atoms with van der Waals surface area (Å²) < 4.78 is 112. The van der Waals surface area contributed by atoms with Crippen LogP contribution in [0, 0.1) is 5.82 Å². The minimum absolute atomic E-state index is 0.158. The second-order valence-corrected chi connectivity index (χ2v) is 6.91. The summed E-state index contributed by atoms with van der Waals surface area (Å²) in [5, 5.41) is 29.0. The number of alkyl halides is 7. The van der Waals surface area contributed by atoms with E-state index in [2.05, 4.69) is 9.97 Å². The summed E-state index contributed by atoms with van der Waals surface area (Å²) in [5.41, 5.74) is -2.82. The minimum atomic E-state index is -6.64. The van der Waals surface area contributed by atoms with Crippen molar-refractivity contribution in [1.29, 1.82) is 0 Å². The second-order valence-electron chi connectivity index (χ2n) is 6.91. The number of rotatable bonds is 5. The molecule has 1 aromatic carbocycles. The largest absolute Gasteiger partial charge is 0.460 e. The highest BCUT2D eigenvalue weighted by Gasteiger charge is 2.74. The van der Waals surface area contributed by atoms with Crippen LogP contribution in [0.4, 0.5) is 35.1 Å². The van der Waals surface area contributed by atoms with Crippen molar-refractivity contribution < 1.29 is 55.2 Å². The Morgan fingerprint density at radius 2 is 1.50 bits per heavy atom. The van der Waals surface area contributed by atoms with Gasteiger partial charge in [-0.25, -0.2) is 14.4 Å². The number of aliphatic hydroxyl groups excluding tert-OH is 3. The fourth-order valence-electron chi connectivity index (χ4n) is 2.97. The standard InChI is InChI=1S/C18H14F8N2O4/c19-8-3-1-7(2-4-8)9-5-11(16(20,21)17(22,23)18(24,25)26)28-15(27-9)14-13(31)12(30)10(6-29)32-14/h1-5,10,12-14,29-31H,6H2/t10-,12-,13-,14-/m1/s1. The maximum Gasteiger partial charge on any atom is 0.460 e. The van der Waals surface area contributed by atoms with Crippen LogP contribution in [-0.2, 0) is 10.7 Å². The maximum atomic E-state index is 14.4. The van der Waals surface area contributed by atoms with Crippen molar-refractivity contribution in [3.63, 3.8) is 0 Å². The maximum absolute atomic E-state index is 14.4. The van der Waals surface area contributed by atoms with Gasteiger partial charge in [-0.05, 0) is 30.3 Å². The first-order chi connectivity index (χ1) is 14.7. The lowest BCUT2D eigenvalue weighted by Gasteiger charge is -2.28. The van der Waals surface area contributed by atoms with Gasteiger partial charge >= 0.3 is 18.0 Å². The summed E-state index contributed by atoms with van der Waals surface area (Å²) in [5.74, 6) is -14.1. The molecule has 14 heteroatoms. The summed E-state index contributed by atoms with van der Waals surface area (Å²) in [4.78, 5) is 6.83. The molecule has 0 saturated carbocycles. The van der Waals surface area contributed by atoms with Crippen LogP contribution >= 0.6 is 0 Å². The highest BCUT2D eigenvalue weighted by atomic mass is 19.4. The zero-order valence-electron chi connectivity index (χ0n) is 15.6. The molecule has 2 heterocycles. The highest BCUT2D eigenvalue weighted by Crippen LogP contribution is 2.51. The van der Waals surface area contributed by atoms with Gasteiger partial charge in [0.05, 0.1) is 12.3 Å². The van der Waals surface area contributed by atoms with Crippen LogP contribution in [0.15, 0.2) is 30.3 Å². The second kappa shape index (κ2) is 8.17. The van der Waals surface area contributed by atoms with Crippen LogP contribution in [0.5, 0.6) is 0 Å². The van der Waals surface area contributed by atoms with Gasteiger partial charge in [0.1, 0.15) is 35.9 Å². The lowest BCUT2D eigenvalue weighted by atomic mass is 10.0. The number of aliphatic hydroxyl groups is 3. The predicted molar refractivity (Wildman–Crippen MR) is 89.0 cm³/mol. The lowest BCUT2D eigenvalue weighted by molar-refractivity contribution is -0.360. The first kappa shape index (κ1) is 24.2. The van der Waals surface area contributed by atoms with Crippen LogP contribution in [-0.4, -0.2) is 62.3 Å². The van der Waals surface area contributed by atoms with Crippen molar-refractivity contribution in [2.45, 2.75) is 42.4 Å². The molecule has 1 aromatic heterocycles. The van der Waals surface area contributed by atoms with E-state index >= 15 is 0 Å². The molecule has 4 atom stereocenters. The molecule has 0 spiro atoms. The molecule has 0 bridgehead atoms. The molecule has 1 aliphatic rings. The van der Waals surface area contributed by atoms with E-state index in [1.807, 2.05) is 0 Å². The quantitative estimate of drug-likeness (QED) is 0.577. The Labute approximate surface area is 174 Å². The SMILES string of the molecule is OC[C@H]1O[C@@H](c2nc(-c3ccc(F)cc3)cc(C(F)(F)C(F)(F)C(F)(F)F)n2)[C@H](O)[C@@H]1O. The van der Waals surface area contributed by atoms with Gasteiger partial charge in [-0.3, -0.25) is 0 Å². The molecule has 0 aliphatic carbocycles. The molecular formula is C18H14F8N2O4. The van der Waals surface area contributed by atoms with E-state index in [9.17, 15) is 45.3 Å². The van der Waals surface area contributed by atoms with Crippen LogP contribution in [0.2, 0.25) is 0 Å². The average Bonchev–Trinajstić information content (AvgIpc) is 3.01. The highest BCUT2D eigenvalue weighted by molar-refractivity contribution is 5.59. The summed E-state index contributed by atoms with van der Waals surface area (Å²) in [6, 6.07) is 3.85. The average molecular weight is 474 g/mol. The van der Waals surface area contributed by atoms with Gasteiger partial charge in [0.15, 0.2) is 5.82 Å². The Hall–Kier alpha value is -2.42. The van der Waals surface area contributed by atoms with Crippen LogP contribution in [0.3, 0.4) is 0 Å². The summed E-state index contributed by atoms with van der Waals surface area (Å²) in [6.07, 6.45) is -13.6. The van der Waals surface area contributed by atoms with Crippen LogP contribution in [0.1, 0.15) is 17.6 Å². The number of hydrogen-bond donors (Lipinski definition) is 3. The molecule has 0 unspecified atom stereocenters. The molecule has 3 rings (SSSR count). The van der Waals surface area contributed by atoms with Gasteiger partial charge in [-0.1, -0.05) is 0 Å². The van der Waals surface area contributed by atoms with Crippen LogP contribution < -0.4 is 0 Å². The normalized spacial score (nSPS) is 24.7. The van der Waals surface area contributed by atoms with E-state index in [1.165, 1.54) is 0 Å². The molecule has 2 aromatic rings. The fourth-order valence-corrected chi connectivity index (χ4v) is 2.97. The lowest BCUT2D eigenvalue weighted by Crippen LogP contribution is -2.50. The number of aromatic nitrogens is 2. The number of ether oxygens (including phenoxy) is 1. The van der Waals surface area contributed by atoms with Crippen molar-refractivity contribution in [2.75, 3.05) is 6.61 Å². The van der Waals surface area contributed by atoms with Gasteiger partial charge in [0.25, 0.3) is 0 Å². The molecule has 0 radical (unpaired) electrons. The van der Waals surface area contributed by atoms with Crippen LogP contribution in [0.25, 0.3) is 11.3 Å². The first-order valence-electron chi connectivity index (χ1n) is 8.81. The van der Waals surface area contributed by atoms with E-state index in [-0.39, 0.29) is 11.6 Å². The van der Waals surface area contributed by atoms with Crippen molar-refractivity contribution in [3.05, 3.63) is 47.7 Å². The van der Waals surface area contributed by atoms with Gasteiger partial charge < -0.3 is 20.1 Å². The van der Waals surface area contributed by atoms with E-state index in [1.54, 1.807) is 0 Å². The Morgan fingerprint density at radius 1 is 0.906 bits per heavy atom. The van der Waals surface area contributed by atoms with E-state index in [0.29, 0.717) is 0 Å². The summed E-state index contributed by atoms with van der Waals surface area (Å²) >= 11 is 0. The zero-order chi connectivity index (χ0) is 24.1. The smallest absolute Gasteiger partial charge is 0.394 e. The Balaban J connectivity index is 2.19. The van der Waals surface area contributed by atoms with Gasteiger partial charge in [-0.2, -0.15) is 30.7 Å².